The van der Waals surface area contributed by atoms with E-state index >= 15 is 0 Å². The number of rotatable bonds is 0. The third-order valence-corrected chi connectivity index (χ3v) is 11.1. The molecule has 2 nitrogen and oxygen atoms in total. The summed E-state index contributed by atoms with van der Waals surface area (Å²) < 4.78 is 2.61. The Balaban J connectivity index is 1.51. The van der Waals surface area contributed by atoms with E-state index in [1.54, 1.807) is 0 Å². The van der Waals surface area contributed by atoms with E-state index in [2.05, 4.69) is 157 Å². The molecule has 0 radical (unpaired) electrons. The molecule has 0 spiro atoms. The van der Waals surface area contributed by atoms with Crippen molar-refractivity contribution in [3.63, 3.8) is 0 Å². The molecule has 0 saturated heterocycles. The summed E-state index contributed by atoms with van der Waals surface area (Å²) in [5.74, 6) is 0. The summed E-state index contributed by atoms with van der Waals surface area (Å²) in [5.41, 5.74) is 19.2. The van der Waals surface area contributed by atoms with E-state index in [0.717, 1.165) is 0 Å². The van der Waals surface area contributed by atoms with Crippen LogP contribution in [0.5, 0.6) is 0 Å². The van der Waals surface area contributed by atoms with Crippen molar-refractivity contribution >= 4 is 51.0 Å². The average molecular weight is 585 g/mol. The Morgan fingerprint density at radius 1 is 0.644 bits per heavy atom. The maximum atomic E-state index is 2.72. The van der Waals surface area contributed by atoms with Crippen LogP contribution in [0.3, 0.4) is 0 Å². The predicted molar refractivity (Wildman–Crippen MR) is 194 cm³/mol. The molecule has 0 amide bonds. The summed E-state index contributed by atoms with van der Waals surface area (Å²) in [6.07, 6.45) is 0. The van der Waals surface area contributed by atoms with Crippen molar-refractivity contribution in [3.05, 3.63) is 113 Å². The van der Waals surface area contributed by atoms with Crippen LogP contribution in [0.2, 0.25) is 0 Å². The van der Waals surface area contributed by atoms with Gasteiger partial charge in [0.15, 0.2) is 0 Å². The Hall–Kier alpha value is -4.24. The normalized spacial score (nSPS) is 15.8. The fourth-order valence-electron chi connectivity index (χ4n) is 8.71. The van der Waals surface area contributed by atoms with E-state index in [-0.39, 0.29) is 23.1 Å². The molecule has 3 aliphatic rings. The van der Waals surface area contributed by atoms with Crippen molar-refractivity contribution in [2.75, 3.05) is 4.81 Å². The average Bonchev–Trinajstić information content (AvgIpc) is 3.32. The third-order valence-electron chi connectivity index (χ3n) is 11.1. The van der Waals surface area contributed by atoms with Gasteiger partial charge in [-0.1, -0.05) is 110 Å². The molecule has 0 aliphatic carbocycles. The predicted octanol–water partition coefficient (Wildman–Crippen LogP) is 9.56. The number of nitrogens with zero attached hydrogens (tertiary/aromatic N) is 2. The molecule has 0 bridgehead atoms. The molecule has 0 N–H and O–H groups in total. The molecule has 3 heteroatoms. The van der Waals surface area contributed by atoms with Crippen molar-refractivity contribution < 1.29 is 0 Å². The topological polar surface area (TPSA) is 8.17 Å². The molecule has 4 heterocycles. The lowest BCUT2D eigenvalue weighted by Gasteiger charge is -2.49. The summed E-state index contributed by atoms with van der Waals surface area (Å²) in [4.78, 5) is 2.72. The highest BCUT2D eigenvalue weighted by molar-refractivity contribution is 6.93. The molecule has 6 aromatic rings. The zero-order valence-corrected chi connectivity index (χ0v) is 28.1. The SMILES string of the molecule is Cc1cc2c3c(c1)-n1c4ccc(C(C)(C)C)cc4c4cc(C(C)(C)C)cc(c41)B3N1c3ccccc3C(C)(C)c3cccc-2c31. The molecule has 0 unspecified atom stereocenters. The zero-order valence-electron chi connectivity index (χ0n) is 28.1. The number of fused-ring (bicyclic) bond motifs is 9. The van der Waals surface area contributed by atoms with Crippen molar-refractivity contribution in [2.45, 2.75) is 78.6 Å². The van der Waals surface area contributed by atoms with Gasteiger partial charge in [0.05, 0.1) is 11.0 Å². The maximum Gasteiger partial charge on any atom is 0.333 e. The first-order valence-electron chi connectivity index (χ1n) is 16.6. The van der Waals surface area contributed by atoms with Crippen LogP contribution in [-0.2, 0) is 16.2 Å². The van der Waals surface area contributed by atoms with Gasteiger partial charge in [-0.25, -0.2) is 0 Å². The second-order valence-corrected chi connectivity index (χ2v) is 16.4. The van der Waals surface area contributed by atoms with Crippen LogP contribution in [-0.4, -0.2) is 11.4 Å². The zero-order chi connectivity index (χ0) is 31.4. The molecule has 45 heavy (non-hydrogen) atoms. The van der Waals surface area contributed by atoms with Gasteiger partial charge in [0, 0.05) is 38.8 Å². The Labute approximate surface area is 267 Å². The first-order valence-corrected chi connectivity index (χ1v) is 16.6. The minimum absolute atomic E-state index is 0.0106. The van der Waals surface area contributed by atoms with Gasteiger partial charge in [0.1, 0.15) is 0 Å². The van der Waals surface area contributed by atoms with Crippen molar-refractivity contribution in [1.29, 1.82) is 0 Å². The van der Waals surface area contributed by atoms with Gasteiger partial charge in [0.25, 0.3) is 0 Å². The number of benzene rings is 5. The van der Waals surface area contributed by atoms with Gasteiger partial charge in [-0.15, -0.1) is 0 Å². The lowest BCUT2D eigenvalue weighted by molar-refractivity contribution is 0.590. The van der Waals surface area contributed by atoms with E-state index < -0.39 is 0 Å². The lowest BCUT2D eigenvalue weighted by atomic mass is 9.42. The largest absolute Gasteiger partial charge is 0.376 e. The molecule has 0 atom stereocenters. The summed E-state index contributed by atoms with van der Waals surface area (Å²) in [6.45, 7) is 21.2. The molecule has 222 valence electrons. The molecule has 3 aliphatic heterocycles. The summed E-state index contributed by atoms with van der Waals surface area (Å²) in [6, 6.07) is 33.3. The summed E-state index contributed by atoms with van der Waals surface area (Å²) >= 11 is 0. The van der Waals surface area contributed by atoms with E-state index in [1.807, 2.05) is 0 Å². The molecular formula is C42H41BN2. The fraction of sp³-hybridized carbons (Fsp3) is 0.286. The van der Waals surface area contributed by atoms with Crippen LogP contribution in [0.1, 0.15) is 83.2 Å². The van der Waals surface area contributed by atoms with Crippen molar-refractivity contribution in [2.24, 2.45) is 0 Å². The number of anilines is 2. The van der Waals surface area contributed by atoms with Gasteiger partial charge in [-0.2, -0.15) is 0 Å². The van der Waals surface area contributed by atoms with Gasteiger partial charge < -0.3 is 9.38 Å². The Bertz CT molecular complexity index is 2290. The van der Waals surface area contributed by atoms with Crippen LogP contribution in [0.4, 0.5) is 11.4 Å². The highest BCUT2D eigenvalue weighted by Gasteiger charge is 2.49. The second-order valence-electron chi connectivity index (χ2n) is 16.4. The van der Waals surface area contributed by atoms with Crippen LogP contribution in [0.15, 0.2) is 84.9 Å². The highest BCUT2D eigenvalue weighted by atomic mass is 15.1. The van der Waals surface area contributed by atoms with E-state index in [9.17, 15) is 0 Å². The van der Waals surface area contributed by atoms with E-state index in [4.69, 9.17) is 0 Å². The number of aryl methyl sites for hydroxylation is 1. The molecular weight excluding hydrogens is 543 g/mol. The van der Waals surface area contributed by atoms with Crippen LogP contribution in [0.25, 0.3) is 38.6 Å². The molecule has 9 rings (SSSR count). The minimum Gasteiger partial charge on any atom is -0.376 e. The summed E-state index contributed by atoms with van der Waals surface area (Å²) in [7, 11) is 0. The Morgan fingerprint density at radius 2 is 1.36 bits per heavy atom. The first-order chi connectivity index (χ1) is 21.3. The van der Waals surface area contributed by atoms with E-state index in [0.29, 0.717) is 0 Å². The smallest absolute Gasteiger partial charge is 0.333 e. The molecule has 5 aromatic carbocycles. The number of aromatic nitrogens is 1. The van der Waals surface area contributed by atoms with Gasteiger partial charge in [-0.05, 0) is 92.4 Å². The fourth-order valence-corrected chi connectivity index (χ4v) is 8.71. The van der Waals surface area contributed by atoms with Gasteiger partial charge in [-0.3, -0.25) is 0 Å². The standard InChI is InChI=1S/C42H41BN2/c1-24-19-29-27-13-12-15-32-38(27)45(35-16-11-10-14-31(35)42(32,8)9)43-33-23-26(41(5,6)7)22-30-28-21-25(40(2,3)4)17-18-34(28)44(39(30)33)36(20-24)37(29)43/h10-23H,1-9H3. The van der Waals surface area contributed by atoms with Crippen LogP contribution >= 0.6 is 0 Å². The third kappa shape index (κ3) is 3.37. The Morgan fingerprint density at radius 3 is 2.11 bits per heavy atom. The van der Waals surface area contributed by atoms with Crippen LogP contribution < -0.4 is 15.7 Å². The lowest BCUT2D eigenvalue weighted by Crippen LogP contribution is -2.62. The quantitative estimate of drug-likeness (QED) is 0.162. The number of para-hydroxylation sites is 2. The molecule has 1 aromatic heterocycles. The first kappa shape index (κ1) is 27.1. The van der Waals surface area contributed by atoms with Gasteiger partial charge >= 0.3 is 6.85 Å². The van der Waals surface area contributed by atoms with E-state index in [1.165, 1.54) is 88.7 Å². The monoisotopic (exact) mass is 584 g/mol. The van der Waals surface area contributed by atoms with Crippen molar-refractivity contribution in [1.82, 2.24) is 4.57 Å². The van der Waals surface area contributed by atoms with Gasteiger partial charge in [0.2, 0.25) is 0 Å². The van der Waals surface area contributed by atoms with Crippen LogP contribution in [0, 0.1) is 6.92 Å². The minimum atomic E-state index is -0.0991. The highest BCUT2D eigenvalue weighted by Crippen LogP contribution is 2.55. The summed E-state index contributed by atoms with van der Waals surface area (Å²) in [5, 5.41) is 2.73. The number of hydrogen-bond donors (Lipinski definition) is 0. The molecule has 0 fully saturated rings. The number of hydrogen-bond acceptors (Lipinski definition) is 1. The second kappa shape index (κ2) is 8.32. The molecule has 0 saturated carbocycles. The van der Waals surface area contributed by atoms with Crippen molar-refractivity contribution in [3.8, 4) is 16.8 Å². The maximum absolute atomic E-state index is 2.72. The Kier molecular flexibility index (Phi) is 5.01.